The highest BCUT2D eigenvalue weighted by Crippen LogP contribution is 2.08. The number of carboxylic acids is 1. The lowest BCUT2D eigenvalue weighted by Gasteiger charge is -2.24. The molecule has 3 amide bonds. The molecule has 0 spiro atoms. The molecule has 7 N–H and O–H groups in total. The van der Waals surface area contributed by atoms with E-state index in [2.05, 4.69) is 6.58 Å². The van der Waals surface area contributed by atoms with Crippen molar-refractivity contribution in [1.82, 2.24) is 4.90 Å². The fourth-order valence-corrected chi connectivity index (χ4v) is 1.64. The van der Waals surface area contributed by atoms with Gasteiger partial charge in [0.05, 0.1) is 6.04 Å². The van der Waals surface area contributed by atoms with Crippen molar-refractivity contribution in [3.8, 4) is 0 Å². The number of hydrogen-bond acceptors (Lipinski definition) is 6. The molecule has 0 fully saturated rings. The predicted molar refractivity (Wildman–Crippen MR) is 82.8 cm³/mol. The van der Waals surface area contributed by atoms with Crippen molar-refractivity contribution >= 4 is 23.7 Å². The van der Waals surface area contributed by atoms with Gasteiger partial charge in [0.1, 0.15) is 6.04 Å². The molecule has 0 heterocycles. The maximum Gasteiger partial charge on any atom is 0.320 e. The van der Waals surface area contributed by atoms with Crippen LogP contribution in [0.15, 0.2) is 12.2 Å². The van der Waals surface area contributed by atoms with Crippen LogP contribution in [0.2, 0.25) is 0 Å². The highest BCUT2D eigenvalue weighted by Gasteiger charge is 2.26. The van der Waals surface area contributed by atoms with E-state index in [0.717, 1.165) is 4.90 Å². The van der Waals surface area contributed by atoms with E-state index in [1.165, 1.54) is 0 Å². The lowest BCUT2D eigenvalue weighted by atomic mass is 10.1. The predicted octanol–water partition coefficient (Wildman–Crippen LogP) is -1.30. The Kier molecular flexibility index (Phi) is 8.74. The van der Waals surface area contributed by atoms with Crippen LogP contribution >= 0.6 is 0 Å². The number of nitrogens with two attached hydrogens (primary N) is 3. The third-order valence-corrected chi connectivity index (χ3v) is 3.30. The third kappa shape index (κ3) is 7.02. The van der Waals surface area contributed by atoms with E-state index in [-0.39, 0.29) is 31.4 Å². The van der Waals surface area contributed by atoms with E-state index < -0.39 is 35.8 Å². The van der Waals surface area contributed by atoms with Crippen molar-refractivity contribution in [3.63, 3.8) is 0 Å². The van der Waals surface area contributed by atoms with Crippen molar-refractivity contribution in [2.75, 3.05) is 6.54 Å². The van der Waals surface area contributed by atoms with E-state index in [4.69, 9.17) is 22.3 Å². The summed E-state index contributed by atoms with van der Waals surface area (Å²) < 4.78 is 0. The highest BCUT2D eigenvalue weighted by atomic mass is 16.4. The second kappa shape index (κ2) is 9.70. The minimum atomic E-state index is -1.23. The molecule has 0 aliphatic heterocycles. The third-order valence-electron chi connectivity index (χ3n) is 3.30. The average Bonchev–Trinajstić information content (AvgIpc) is 2.50. The molecule has 0 aromatic rings. The van der Waals surface area contributed by atoms with Gasteiger partial charge in [0.15, 0.2) is 0 Å². The Labute approximate surface area is 134 Å². The first-order valence-electron chi connectivity index (χ1n) is 7.17. The van der Waals surface area contributed by atoms with Crippen molar-refractivity contribution in [3.05, 3.63) is 12.2 Å². The number of nitrogens with zero attached hydrogens (tertiary/aromatic N) is 1. The van der Waals surface area contributed by atoms with Gasteiger partial charge in [-0.1, -0.05) is 13.5 Å². The molecule has 0 aliphatic rings. The lowest BCUT2D eigenvalue weighted by Crippen LogP contribution is -2.47. The Bertz CT molecular complexity index is 492. The standard InChI is InChI=1S/C14H24N4O5/c1-3-9(15)13(21)18(7-6-8(2)12(17)20)11(19)5-4-10(16)14(22)23/h9-10H,2-7,15-16H2,1H3,(H2,17,20)(H,22,23)/t9-,10-/m0/s1. The van der Waals surface area contributed by atoms with E-state index in [9.17, 15) is 19.2 Å². The summed E-state index contributed by atoms with van der Waals surface area (Å²) >= 11 is 0. The summed E-state index contributed by atoms with van der Waals surface area (Å²) in [6, 6.07) is -2.06. The number of carbonyl (C=O) groups is 4. The number of carbonyl (C=O) groups excluding carboxylic acids is 3. The summed E-state index contributed by atoms with van der Waals surface area (Å²) in [6.45, 7) is 5.04. The number of aliphatic carboxylic acids is 1. The van der Waals surface area contributed by atoms with Crippen molar-refractivity contribution in [2.45, 2.75) is 44.7 Å². The number of rotatable bonds is 10. The number of imide groups is 1. The Balaban J connectivity index is 4.92. The zero-order chi connectivity index (χ0) is 18.2. The van der Waals surface area contributed by atoms with Gasteiger partial charge in [0.25, 0.3) is 0 Å². The molecule has 0 aromatic heterocycles. The molecule has 23 heavy (non-hydrogen) atoms. The molecule has 9 nitrogen and oxygen atoms in total. The molecule has 2 atom stereocenters. The van der Waals surface area contributed by atoms with E-state index in [0.29, 0.717) is 6.42 Å². The Hall–Kier alpha value is -2.26. The molecule has 0 aromatic carbocycles. The number of hydrogen-bond donors (Lipinski definition) is 4. The van der Waals surface area contributed by atoms with Crippen LogP contribution in [0.5, 0.6) is 0 Å². The average molecular weight is 328 g/mol. The molecule has 0 rings (SSSR count). The fraction of sp³-hybridized carbons (Fsp3) is 0.571. The smallest absolute Gasteiger partial charge is 0.320 e. The minimum absolute atomic E-state index is 0.0221. The zero-order valence-corrected chi connectivity index (χ0v) is 13.2. The van der Waals surface area contributed by atoms with Gasteiger partial charge in [-0.25, -0.2) is 0 Å². The number of carboxylic acid groups (broad SMARTS) is 1. The molecular formula is C14H24N4O5. The van der Waals surface area contributed by atoms with Crippen molar-refractivity contribution in [2.24, 2.45) is 17.2 Å². The van der Waals surface area contributed by atoms with Gasteiger partial charge in [-0.3, -0.25) is 24.1 Å². The van der Waals surface area contributed by atoms with Gasteiger partial charge in [0.2, 0.25) is 17.7 Å². The van der Waals surface area contributed by atoms with Crippen LogP contribution in [0.25, 0.3) is 0 Å². The van der Waals surface area contributed by atoms with Gasteiger partial charge in [-0.15, -0.1) is 0 Å². The van der Waals surface area contributed by atoms with Crippen LogP contribution in [0.1, 0.15) is 32.6 Å². The van der Waals surface area contributed by atoms with Gasteiger partial charge in [-0.2, -0.15) is 0 Å². The summed E-state index contributed by atoms with van der Waals surface area (Å²) in [5, 5.41) is 8.71. The van der Waals surface area contributed by atoms with E-state index in [1.54, 1.807) is 6.92 Å². The van der Waals surface area contributed by atoms with E-state index >= 15 is 0 Å². The summed E-state index contributed by atoms with van der Waals surface area (Å²) in [5.41, 5.74) is 16.1. The molecule has 0 unspecified atom stereocenters. The zero-order valence-electron chi connectivity index (χ0n) is 13.2. The van der Waals surface area contributed by atoms with Crippen LogP contribution in [0.4, 0.5) is 0 Å². The SMILES string of the molecule is C=C(CCN(C(=O)CC[C@H](N)C(=O)O)C(=O)[C@@H](N)CC)C(N)=O. The fourth-order valence-electron chi connectivity index (χ4n) is 1.64. The van der Waals surface area contributed by atoms with Gasteiger partial charge in [0, 0.05) is 18.5 Å². The van der Waals surface area contributed by atoms with Crippen molar-refractivity contribution in [1.29, 1.82) is 0 Å². The molecule has 130 valence electrons. The first kappa shape index (κ1) is 20.7. The first-order chi connectivity index (χ1) is 10.6. The summed E-state index contributed by atoms with van der Waals surface area (Å²) in [7, 11) is 0. The molecule has 0 radical (unpaired) electrons. The summed E-state index contributed by atoms with van der Waals surface area (Å²) in [5.74, 6) is -3.16. The molecule has 0 aliphatic carbocycles. The van der Waals surface area contributed by atoms with Gasteiger partial charge in [-0.05, 0) is 19.3 Å². The van der Waals surface area contributed by atoms with Crippen LogP contribution in [-0.2, 0) is 19.2 Å². The Morgan fingerprint density at radius 2 is 1.70 bits per heavy atom. The Morgan fingerprint density at radius 1 is 1.13 bits per heavy atom. The quantitative estimate of drug-likeness (QED) is 0.361. The summed E-state index contributed by atoms with van der Waals surface area (Å²) in [6.07, 6.45) is 0.0109. The first-order valence-corrected chi connectivity index (χ1v) is 7.17. The lowest BCUT2D eigenvalue weighted by molar-refractivity contribution is -0.146. The van der Waals surface area contributed by atoms with Crippen LogP contribution in [-0.4, -0.2) is 52.3 Å². The van der Waals surface area contributed by atoms with Gasteiger partial charge >= 0.3 is 5.97 Å². The molecule has 0 saturated carbocycles. The Morgan fingerprint density at radius 3 is 2.13 bits per heavy atom. The van der Waals surface area contributed by atoms with Crippen LogP contribution < -0.4 is 17.2 Å². The van der Waals surface area contributed by atoms with E-state index in [1.807, 2.05) is 0 Å². The molecule has 0 bridgehead atoms. The van der Waals surface area contributed by atoms with Crippen LogP contribution in [0.3, 0.4) is 0 Å². The number of amides is 3. The van der Waals surface area contributed by atoms with Crippen LogP contribution in [0, 0.1) is 0 Å². The summed E-state index contributed by atoms with van der Waals surface area (Å²) in [4.78, 5) is 46.9. The van der Waals surface area contributed by atoms with Crippen molar-refractivity contribution < 1.29 is 24.3 Å². The maximum atomic E-state index is 12.2. The molecular weight excluding hydrogens is 304 g/mol. The second-order valence-electron chi connectivity index (χ2n) is 5.10. The minimum Gasteiger partial charge on any atom is -0.480 e. The monoisotopic (exact) mass is 328 g/mol. The largest absolute Gasteiger partial charge is 0.480 e. The number of primary amides is 1. The second-order valence-corrected chi connectivity index (χ2v) is 5.10. The highest BCUT2D eigenvalue weighted by molar-refractivity contribution is 5.98. The molecule has 9 heteroatoms. The normalized spacial score (nSPS) is 13.0. The topological polar surface area (TPSA) is 170 Å². The molecule has 0 saturated heterocycles. The van der Waals surface area contributed by atoms with Gasteiger partial charge < -0.3 is 22.3 Å². The maximum absolute atomic E-state index is 12.2.